The maximum absolute atomic E-state index is 12.7. The average molecular weight is 568 g/mol. The number of anilines is 1. The van der Waals surface area contributed by atoms with Crippen molar-refractivity contribution in [2.75, 3.05) is 26.3 Å². The highest BCUT2D eigenvalue weighted by Gasteiger charge is 2.17. The Bertz CT molecular complexity index is 1670. The van der Waals surface area contributed by atoms with Crippen molar-refractivity contribution < 1.29 is 38.1 Å². The molecule has 212 valence electrons. The van der Waals surface area contributed by atoms with Crippen LogP contribution in [0.15, 0.2) is 90.0 Å². The largest absolute Gasteiger partial charge is 0.497 e. The molecule has 4 aromatic carbocycles. The third-order valence-electron chi connectivity index (χ3n) is 6.11. The number of methoxy groups -OCH3 is 2. The molecule has 0 fully saturated rings. The van der Waals surface area contributed by atoms with Gasteiger partial charge < -0.3 is 29.0 Å². The van der Waals surface area contributed by atoms with Crippen LogP contribution in [-0.4, -0.2) is 45.0 Å². The van der Waals surface area contributed by atoms with Gasteiger partial charge in [0.2, 0.25) is 6.79 Å². The van der Waals surface area contributed by atoms with Crippen LogP contribution < -0.4 is 34.4 Å². The van der Waals surface area contributed by atoms with Gasteiger partial charge in [-0.2, -0.15) is 5.10 Å². The molecular formula is C31H25N3O8. The number of esters is 1. The lowest BCUT2D eigenvalue weighted by Crippen LogP contribution is -2.18. The van der Waals surface area contributed by atoms with E-state index in [1.807, 2.05) is 0 Å². The Hall–Kier alpha value is -5.84. The number of hydrazone groups is 1. The summed E-state index contributed by atoms with van der Waals surface area (Å²) < 4.78 is 26.5. The van der Waals surface area contributed by atoms with E-state index in [4.69, 9.17) is 23.7 Å². The van der Waals surface area contributed by atoms with E-state index in [0.29, 0.717) is 45.4 Å². The number of benzene rings is 4. The molecule has 1 heterocycles. The first-order chi connectivity index (χ1) is 20.4. The van der Waals surface area contributed by atoms with Gasteiger partial charge in [0.15, 0.2) is 23.0 Å². The van der Waals surface area contributed by atoms with E-state index >= 15 is 0 Å². The number of rotatable bonds is 9. The Kier molecular flexibility index (Phi) is 8.29. The topological polar surface area (TPSA) is 134 Å². The second-order valence-corrected chi connectivity index (χ2v) is 8.83. The van der Waals surface area contributed by atoms with Gasteiger partial charge in [-0.1, -0.05) is 6.07 Å². The molecule has 0 spiro atoms. The molecule has 11 heteroatoms. The number of nitrogens with one attached hydrogen (secondary N) is 2. The number of amides is 2. The van der Waals surface area contributed by atoms with Crippen molar-refractivity contribution in [2.45, 2.75) is 0 Å². The zero-order valence-corrected chi connectivity index (χ0v) is 22.6. The number of carbonyl (C=O) groups excluding carboxylic acids is 3. The lowest BCUT2D eigenvalue weighted by Gasteiger charge is -2.10. The number of hydrogen-bond acceptors (Lipinski definition) is 9. The van der Waals surface area contributed by atoms with Crippen LogP contribution in [0.25, 0.3) is 0 Å². The summed E-state index contributed by atoms with van der Waals surface area (Å²) in [4.78, 5) is 37.9. The lowest BCUT2D eigenvalue weighted by molar-refractivity contribution is 0.0729. The maximum Gasteiger partial charge on any atom is 0.343 e. The van der Waals surface area contributed by atoms with Gasteiger partial charge >= 0.3 is 5.97 Å². The van der Waals surface area contributed by atoms with Crippen molar-refractivity contribution in [1.29, 1.82) is 0 Å². The summed E-state index contributed by atoms with van der Waals surface area (Å²) in [6, 6.07) is 22.7. The van der Waals surface area contributed by atoms with Crippen LogP contribution in [0.4, 0.5) is 5.69 Å². The standard InChI is InChI=1S/C31H25N3O8/c1-38-24-10-7-20(8-11-24)31(37)42-26-12-6-19(14-27(26)39-2)17-32-34-30(36)21-4-3-5-23(15-21)33-29(35)22-9-13-25-28(16-22)41-18-40-25/h3-17H,18H2,1-2H3,(H,33,35)(H,34,36). The monoisotopic (exact) mass is 567 g/mol. The highest BCUT2D eigenvalue weighted by molar-refractivity contribution is 6.05. The molecule has 0 atom stereocenters. The maximum atomic E-state index is 12.7. The van der Waals surface area contributed by atoms with Gasteiger partial charge in [0.1, 0.15) is 5.75 Å². The van der Waals surface area contributed by atoms with Crippen LogP contribution in [0.3, 0.4) is 0 Å². The molecule has 2 N–H and O–H groups in total. The van der Waals surface area contributed by atoms with E-state index < -0.39 is 11.9 Å². The average Bonchev–Trinajstić information content (AvgIpc) is 3.50. The molecule has 5 rings (SSSR count). The molecule has 0 aliphatic carbocycles. The number of ether oxygens (including phenoxy) is 5. The second kappa shape index (κ2) is 12.6. The summed E-state index contributed by atoms with van der Waals surface area (Å²) in [6.45, 7) is 0.111. The Morgan fingerprint density at radius 1 is 0.762 bits per heavy atom. The molecular weight excluding hydrogens is 542 g/mol. The zero-order valence-electron chi connectivity index (χ0n) is 22.6. The fraction of sp³-hybridized carbons (Fsp3) is 0.0968. The minimum atomic E-state index is -0.557. The molecule has 1 aliphatic rings. The van der Waals surface area contributed by atoms with Crippen LogP contribution in [-0.2, 0) is 0 Å². The molecule has 0 saturated heterocycles. The Balaban J connectivity index is 1.19. The second-order valence-electron chi connectivity index (χ2n) is 8.83. The lowest BCUT2D eigenvalue weighted by atomic mass is 10.1. The first-order valence-electron chi connectivity index (χ1n) is 12.6. The van der Waals surface area contributed by atoms with Gasteiger partial charge in [-0.15, -0.1) is 0 Å². The summed E-state index contributed by atoms with van der Waals surface area (Å²) in [5.41, 5.74) is 4.49. The molecule has 0 saturated carbocycles. The van der Waals surface area contributed by atoms with Crippen LogP contribution in [0.1, 0.15) is 36.6 Å². The molecule has 4 aromatic rings. The predicted octanol–water partition coefficient (Wildman–Crippen LogP) is 4.67. The Morgan fingerprint density at radius 2 is 1.52 bits per heavy atom. The van der Waals surface area contributed by atoms with Crippen LogP contribution in [0, 0.1) is 0 Å². The molecule has 1 aliphatic heterocycles. The van der Waals surface area contributed by atoms with Crippen LogP contribution in [0.2, 0.25) is 0 Å². The molecule has 0 bridgehead atoms. The van der Waals surface area contributed by atoms with Gasteiger partial charge in [0, 0.05) is 16.8 Å². The van der Waals surface area contributed by atoms with Crippen molar-refractivity contribution >= 4 is 29.7 Å². The van der Waals surface area contributed by atoms with Gasteiger partial charge in [-0.25, -0.2) is 10.2 Å². The molecule has 0 radical (unpaired) electrons. The van der Waals surface area contributed by atoms with E-state index in [9.17, 15) is 14.4 Å². The molecule has 0 aromatic heterocycles. The number of carbonyl (C=O) groups is 3. The van der Waals surface area contributed by atoms with E-state index in [0.717, 1.165) is 0 Å². The van der Waals surface area contributed by atoms with E-state index in [1.54, 1.807) is 78.9 Å². The third kappa shape index (κ3) is 6.48. The van der Waals surface area contributed by atoms with E-state index in [2.05, 4.69) is 15.8 Å². The molecule has 11 nitrogen and oxygen atoms in total. The van der Waals surface area contributed by atoms with Crippen molar-refractivity contribution in [2.24, 2.45) is 5.10 Å². The third-order valence-corrected chi connectivity index (χ3v) is 6.11. The summed E-state index contributed by atoms with van der Waals surface area (Å²) >= 11 is 0. The highest BCUT2D eigenvalue weighted by Crippen LogP contribution is 2.33. The van der Waals surface area contributed by atoms with Gasteiger partial charge in [-0.3, -0.25) is 9.59 Å². The van der Waals surface area contributed by atoms with Crippen molar-refractivity contribution in [3.63, 3.8) is 0 Å². The summed E-state index contributed by atoms with van der Waals surface area (Å²) in [6.07, 6.45) is 1.42. The van der Waals surface area contributed by atoms with Crippen LogP contribution >= 0.6 is 0 Å². The highest BCUT2D eigenvalue weighted by atomic mass is 16.7. The number of fused-ring (bicyclic) bond motifs is 1. The zero-order chi connectivity index (χ0) is 29.5. The summed E-state index contributed by atoms with van der Waals surface area (Å²) in [5.74, 6) is 0.815. The molecule has 2 amide bonds. The predicted molar refractivity (Wildman–Crippen MR) is 153 cm³/mol. The fourth-order valence-electron chi connectivity index (χ4n) is 3.94. The van der Waals surface area contributed by atoms with E-state index in [-0.39, 0.29) is 24.0 Å². The molecule has 0 unspecified atom stereocenters. The van der Waals surface area contributed by atoms with Gasteiger partial charge in [0.05, 0.1) is 26.0 Å². The van der Waals surface area contributed by atoms with E-state index in [1.165, 1.54) is 26.5 Å². The van der Waals surface area contributed by atoms with Gasteiger partial charge in [-0.05, 0) is 84.4 Å². The first kappa shape index (κ1) is 27.7. The van der Waals surface area contributed by atoms with Gasteiger partial charge in [0.25, 0.3) is 11.8 Å². The quantitative estimate of drug-likeness (QED) is 0.129. The summed E-state index contributed by atoms with van der Waals surface area (Å²) in [5, 5.41) is 6.77. The van der Waals surface area contributed by atoms with Crippen LogP contribution in [0.5, 0.6) is 28.7 Å². The SMILES string of the molecule is COc1ccc(C(=O)Oc2ccc(C=NNC(=O)c3cccc(NC(=O)c4ccc5c(c4)OCO5)c3)cc2OC)cc1. The Labute approximate surface area is 240 Å². The first-order valence-corrected chi connectivity index (χ1v) is 12.6. The van der Waals surface area contributed by atoms with Crippen molar-refractivity contribution in [3.8, 4) is 28.7 Å². The minimum absolute atomic E-state index is 0.111. The number of nitrogens with zero attached hydrogens (tertiary/aromatic N) is 1. The smallest absolute Gasteiger partial charge is 0.343 e. The summed E-state index contributed by atoms with van der Waals surface area (Å²) in [7, 11) is 2.99. The van der Waals surface area contributed by atoms with Crippen molar-refractivity contribution in [3.05, 3.63) is 107 Å². The Morgan fingerprint density at radius 3 is 2.31 bits per heavy atom. The minimum Gasteiger partial charge on any atom is -0.497 e. The fourth-order valence-corrected chi connectivity index (χ4v) is 3.94. The van der Waals surface area contributed by atoms with Crippen molar-refractivity contribution in [1.82, 2.24) is 5.43 Å². The molecule has 42 heavy (non-hydrogen) atoms. The number of hydrogen-bond donors (Lipinski definition) is 2. The normalized spacial score (nSPS) is 11.6.